The molecule has 1 atom stereocenters. The summed E-state index contributed by atoms with van der Waals surface area (Å²) in [4.78, 5) is 29.3. The van der Waals surface area contributed by atoms with Gasteiger partial charge in [0, 0.05) is 16.8 Å². The van der Waals surface area contributed by atoms with Gasteiger partial charge >= 0.3 is 0 Å². The fourth-order valence-electron chi connectivity index (χ4n) is 3.49. The SMILES string of the molecule is C[C@@H]1Oc2ccc(NC(=O)c3ccccc3-c3ncc(-c4ccccc4)o3)cc2NC1=O. The molecule has 0 saturated carbocycles. The lowest BCUT2D eigenvalue weighted by molar-refractivity contribution is -0.122. The predicted molar refractivity (Wildman–Crippen MR) is 120 cm³/mol. The van der Waals surface area contributed by atoms with Crippen molar-refractivity contribution in [3.8, 4) is 28.5 Å². The Hall–Kier alpha value is -4.39. The van der Waals surface area contributed by atoms with E-state index in [0.29, 0.717) is 39.9 Å². The summed E-state index contributed by atoms with van der Waals surface area (Å²) in [6.45, 7) is 1.68. The number of rotatable bonds is 4. The van der Waals surface area contributed by atoms with Gasteiger partial charge in [0.1, 0.15) is 5.75 Å². The van der Waals surface area contributed by atoms with Crippen molar-refractivity contribution in [3.63, 3.8) is 0 Å². The molecule has 1 aromatic heterocycles. The van der Waals surface area contributed by atoms with E-state index >= 15 is 0 Å². The van der Waals surface area contributed by atoms with Crippen LogP contribution in [0.25, 0.3) is 22.8 Å². The molecule has 1 aliphatic heterocycles. The summed E-state index contributed by atoms with van der Waals surface area (Å²) < 4.78 is 11.5. The predicted octanol–water partition coefficient (Wildman–Crippen LogP) is 4.98. The van der Waals surface area contributed by atoms with Crippen LogP contribution in [0.3, 0.4) is 0 Å². The molecule has 2 heterocycles. The van der Waals surface area contributed by atoms with E-state index in [1.54, 1.807) is 49.5 Å². The molecule has 0 radical (unpaired) electrons. The van der Waals surface area contributed by atoms with Gasteiger partial charge in [0.25, 0.3) is 11.8 Å². The molecule has 32 heavy (non-hydrogen) atoms. The van der Waals surface area contributed by atoms with Crippen LogP contribution in [0, 0.1) is 0 Å². The van der Waals surface area contributed by atoms with Crippen LogP contribution in [0.15, 0.2) is 83.4 Å². The number of carbonyl (C=O) groups excluding carboxylic acids is 2. The number of anilines is 2. The maximum absolute atomic E-state index is 13.1. The molecule has 0 unspecified atom stereocenters. The minimum Gasteiger partial charge on any atom is -0.479 e. The lowest BCUT2D eigenvalue weighted by atomic mass is 10.1. The molecule has 0 saturated heterocycles. The van der Waals surface area contributed by atoms with E-state index in [1.165, 1.54) is 0 Å². The summed E-state index contributed by atoms with van der Waals surface area (Å²) in [5, 5.41) is 5.65. The van der Waals surface area contributed by atoms with Gasteiger partial charge in [0.2, 0.25) is 5.89 Å². The van der Waals surface area contributed by atoms with Gasteiger partial charge in [-0.1, -0.05) is 42.5 Å². The van der Waals surface area contributed by atoms with Crippen LogP contribution in [0.4, 0.5) is 11.4 Å². The first-order valence-electron chi connectivity index (χ1n) is 10.1. The Morgan fingerprint density at radius 2 is 1.81 bits per heavy atom. The van der Waals surface area contributed by atoms with E-state index in [0.717, 1.165) is 5.56 Å². The number of nitrogens with zero attached hydrogens (tertiary/aromatic N) is 1. The van der Waals surface area contributed by atoms with Crippen molar-refractivity contribution in [1.82, 2.24) is 4.98 Å². The molecule has 0 aliphatic carbocycles. The second-order valence-electron chi connectivity index (χ2n) is 7.36. The quantitative estimate of drug-likeness (QED) is 0.481. The van der Waals surface area contributed by atoms with Crippen LogP contribution in [0.2, 0.25) is 0 Å². The van der Waals surface area contributed by atoms with Crippen molar-refractivity contribution in [3.05, 3.63) is 84.6 Å². The van der Waals surface area contributed by atoms with Crippen LogP contribution in [0.5, 0.6) is 5.75 Å². The van der Waals surface area contributed by atoms with Gasteiger partial charge in [0.05, 0.1) is 17.4 Å². The first-order valence-corrected chi connectivity index (χ1v) is 10.1. The van der Waals surface area contributed by atoms with Crippen LogP contribution < -0.4 is 15.4 Å². The standard InChI is InChI=1S/C25H19N3O4/c1-15-23(29)28-20-13-17(11-12-21(20)31-15)27-24(30)18-9-5-6-10-19(18)25-26-14-22(32-25)16-7-3-2-4-8-16/h2-15H,1H3,(H,27,30)(H,28,29)/t15-/m0/s1. The van der Waals surface area contributed by atoms with E-state index in [-0.39, 0.29) is 11.8 Å². The van der Waals surface area contributed by atoms with E-state index in [4.69, 9.17) is 9.15 Å². The van der Waals surface area contributed by atoms with E-state index < -0.39 is 6.10 Å². The Bertz CT molecular complexity index is 1310. The third-order valence-electron chi connectivity index (χ3n) is 5.13. The van der Waals surface area contributed by atoms with Crippen molar-refractivity contribution < 1.29 is 18.7 Å². The number of amides is 2. The van der Waals surface area contributed by atoms with Crippen LogP contribution in [-0.4, -0.2) is 22.9 Å². The van der Waals surface area contributed by atoms with Crippen molar-refractivity contribution in [2.75, 3.05) is 10.6 Å². The number of fused-ring (bicyclic) bond motifs is 1. The van der Waals surface area contributed by atoms with E-state index in [1.807, 2.05) is 36.4 Å². The Balaban J connectivity index is 1.41. The molecule has 0 fully saturated rings. The highest BCUT2D eigenvalue weighted by Gasteiger charge is 2.24. The zero-order valence-electron chi connectivity index (χ0n) is 17.2. The maximum atomic E-state index is 13.1. The third-order valence-corrected chi connectivity index (χ3v) is 5.13. The Morgan fingerprint density at radius 1 is 1.03 bits per heavy atom. The molecule has 7 heteroatoms. The highest BCUT2D eigenvalue weighted by Crippen LogP contribution is 2.33. The number of hydrogen-bond acceptors (Lipinski definition) is 5. The number of nitrogens with one attached hydrogen (secondary N) is 2. The van der Waals surface area contributed by atoms with Crippen molar-refractivity contribution in [1.29, 1.82) is 0 Å². The van der Waals surface area contributed by atoms with Gasteiger partial charge in [-0.25, -0.2) is 4.98 Å². The van der Waals surface area contributed by atoms with E-state index in [9.17, 15) is 9.59 Å². The summed E-state index contributed by atoms with van der Waals surface area (Å²) in [5.41, 5.74) is 2.94. The Kier molecular flexibility index (Phi) is 4.91. The smallest absolute Gasteiger partial charge is 0.265 e. The Labute approximate surface area is 184 Å². The number of carbonyl (C=O) groups is 2. The van der Waals surface area contributed by atoms with Crippen LogP contribution in [0.1, 0.15) is 17.3 Å². The largest absolute Gasteiger partial charge is 0.479 e. The zero-order valence-corrected chi connectivity index (χ0v) is 17.2. The molecule has 5 rings (SSSR count). The van der Waals surface area contributed by atoms with Gasteiger partial charge in [-0.15, -0.1) is 0 Å². The number of ether oxygens (including phenoxy) is 1. The first kappa shape index (κ1) is 19.6. The highest BCUT2D eigenvalue weighted by molar-refractivity contribution is 6.08. The second-order valence-corrected chi connectivity index (χ2v) is 7.36. The average molecular weight is 425 g/mol. The van der Waals surface area contributed by atoms with Crippen LogP contribution >= 0.6 is 0 Å². The number of oxazole rings is 1. The lowest BCUT2D eigenvalue weighted by Crippen LogP contribution is -2.34. The molecule has 0 spiro atoms. The fourth-order valence-corrected chi connectivity index (χ4v) is 3.49. The molecule has 2 amide bonds. The monoisotopic (exact) mass is 425 g/mol. The average Bonchev–Trinajstić information content (AvgIpc) is 3.31. The summed E-state index contributed by atoms with van der Waals surface area (Å²) in [6.07, 6.45) is 1.09. The number of hydrogen-bond donors (Lipinski definition) is 2. The molecular formula is C25H19N3O4. The Morgan fingerprint density at radius 3 is 2.66 bits per heavy atom. The minimum absolute atomic E-state index is 0.232. The highest BCUT2D eigenvalue weighted by atomic mass is 16.5. The summed E-state index contributed by atoms with van der Waals surface area (Å²) >= 11 is 0. The molecule has 3 aromatic carbocycles. The van der Waals surface area contributed by atoms with Crippen LogP contribution in [-0.2, 0) is 4.79 Å². The first-order chi connectivity index (χ1) is 15.6. The van der Waals surface area contributed by atoms with Gasteiger partial charge in [0.15, 0.2) is 11.9 Å². The van der Waals surface area contributed by atoms with Crippen molar-refractivity contribution in [2.45, 2.75) is 13.0 Å². The third kappa shape index (κ3) is 3.72. The molecular weight excluding hydrogens is 406 g/mol. The van der Waals surface area contributed by atoms with Gasteiger partial charge in [-0.2, -0.15) is 0 Å². The molecule has 1 aliphatic rings. The van der Waals surface area contributed by atoms with Gasteiger partial charge < -0.3 is 19.8 Å². The van der Waals surface area contributed by atoms with E-state index in [2.05, 4.69) is 15.6 Å². The molecule has 4 aromatic rings. The van der Waals surface area contributed by atoms with Gasteiger partial charge in [-0.3, -0.25) is 9.59 Å². The zero-order chi connectivity index (χ0) is 22.1. The molecule has 158 valence electrons. The number of benzene rings is 3. The minimum atomic E-state index is -0.559. The summed E-state index contributed by atoms with van der Waals surface area (Å²) in [7, 11) is 0. The maximum Gasteiger partial charge on any atom is 0.265 e. The summed E-state index contributed by atoms with van der Waals surface area (Å²) in [5.74, 6) is 0.981. The second kappa shape index (κ2) is 8.03. The van der Waals surface area contributed by atoms with Crippen molar-refractivity contribution >= 4 is 23.2 Å². The molecule has 2 N–H and O–H groups in total. The van der Waals surface area contributed by atoms with Crippen molar-refractivity contribution in [2.24, 2.45) is 0 Å². The molecule has 7 nitrogen and oxygen atoms in total. The normalized spacial score (nSPS) is 14.8. The summed E-state index contributed by atoms with van der Waals surface area (Å²) in [6, 6.07) is 21.8. The fraction of sp³-hybridized carbons (Fsp3) is 0.0800. The topological polar surface area (TPSA) is 93.5 Å². The lowest BCUT2D eigenvalue weighted by Gasteiger charge is -2.23. The molecule has 0 bridgehead atoms. The van der Waals surface area contributed by atoms with Gasteiger partial charge in [-0.05, 0) is 37.3 Å². The number of aromatic nitrogens is 1.